The van der Waals surface area contributed by atoms with Gasteiger partial charge in [0, 0.05) is 30.6 Å². The monoisotopic (exact) mass is 602 g/mol. The van der Waals surface area contributed by atoms with Gasteiger partial charge in [-0.1, -0.05) is 6.92 Å². The Balaban J connectivity index is 1.39. The number of benzene rings is 2. The van der Waals surface area contributed by atoms with E-state index in [4.69, 9.17) is 0 Å². The Morgan fingerprint density at radius 3 is 1.76 bits per heavy atom. The van der Waals surface area contributed by atoms with E-state index in [0.29, 0.717) is 19.4 Å². The third-order valence-electron chi connectivity index (χ3n) is 7.71. The van der Waals surface area contributed by atoms with Gasteiger partial charge in [-0.25, -0.2) is 9.59 Å². The number of carbonyl (C=O) groups is 2. The van der Waals surface area contributed by atoms with Crippen LogP contribution >= 0.6 is 0 Å². The summed E-state index contributed by atoms with van der Waals surface area (Å²) in [5, 5.41) is 20.1. The van der Waals surface area contributed by atoms with Gasteiger partial charge in [0.05, 0.1) is 11.1 Å². The summed E-state index contributed by atoms with van der Waals surface area (Å²) in [6, 6.07) is 6.96. The van der Waals surface area contributed by atoms with Gasteiger partial charge in [-0.2, -0.15) is 26.3 Å². The molecule has 1 aliphatic carbocycles. The van der Waals surface area contributed by atoms with Crippen molar-refractivity contribution in [2.45, 2.75) is 70.3 Å². The van der Waals surface area contributed by atoms with E-state index < -0.39 is 35.5 Å². The summed E-state index contributed by atoms with van der Waals surface area (Å²) in [5.41, 5.74) is -1.13. The zero-order chi connectivity index (χ0) is 31.0. The van der Waals surface area contributed by atoms with Gasteiger partial charge >= 0.3 is 24.4 Å². The van der Waals surface area contributed by atoms with E-state index >= 15 is 0 Å². The van der Waals surface area contributed by atoms with Gasteiger partial charge in [0.2, 0.25) is 0 Å². The first kappa shape index (κ1) is 33.0. The van der Waals surface area contributed by atoms with Crippen molar-refractivity contribution >= 4 is 23.4 Å². The number of rotatable bonds is 10. The lowest BCUT2D eigenvalue weighted by Gasteiger charge is -2.38. The van der Waals surface area contributed by atoms with E-state index in [1.807, 2.05) is 0 Å². The summed E-state index contributed by atoms with van der Waals surface area (Å²) in [6.45, 7) is 2.46. The molecule has 4 amide bonds. The van der Waals surface area contributed by atoms with Crippen molar-refractivity contribution in [2.24, 2.45) is 11.3 Å². The zero-order valence-electron chi connectivity index (χ0n) is 23.2. The first-order valence-corrected chi connectivity index (χ1v) is 13.7. The molecule has 0 saturated heterocycles. The highest BCUT2D eigenvalue weighted by Gasteiger charge is 2.33. The molecule has 0 bridgehead atoms. The number of hydrogen-bond acceptors (Lipinski definition) is 3. The van der Waals surface area contributed by atoms with E-state index in [0.717, 1.165) is 56.4 Å². The Bertz CT molecular complexity index is 1160. The molecule has 232 valence electrons. The van der Waals surface area contributed by atoms with Gasteiger partial charge < -0.3 is 26.4 Å². The fraction of sp³-hybridized carbons (Fsp3) is 0.517. The number of aliphatic hydroxyl groups excluding tert-OH is 1. The van der Waals surface area contributed by atoms with Gasteiger partial charge in [0.15, 0.2) is 0 Å². The second kappa shape index (κ2) is 14.1. The van der Waals surface area contributed by atoms with Gasteiger partial charge in [-0.3, -0.25) is 0 Å². The Hall–Kier alpha value is -3.48. The van der Waals surface area contributed by atoms with Gasteiger partial charge in [0.25, 0.3) is 0 Å². The normalized spacial score (nSPS) is 20.0. The van der Waals surface area contributed by atoms with E-state index in [1.54, 1.807) is 0 Å². The molecular formula is C29H36F6N4O3. The van der Waals surface area contributed by atoms with Gasteiger partial charge in [-0.15, -0.1) is 0 Å². The van der Waals surface area contributed by atoms with Crippen LogP contribution in [0, 0.1) is 11.3 Å². The molecule has 0 spiro atoms. The first-order valence-electron chi connectivity index (χ1n) is 13.7. The number of halogens is 6. The van der Waals surface area contributed by atoms with E-state index in [2.05, 4.69) is 28.2 Å². The van der Waals surface area contributed by atoms with Gasteiger partial charge in [-0.05, 0) is 105 Å². The minimum Gasteiger partial charge on any atom is -0.396 e. The quantitative estimate of drug-likeness (QED) is 0.183. The van der Waals surface area contributed by atoms with Crippen molar-refractivity contribution in [3.05, 3.63) is 59.7 Å². The first-order chi connectivity index (χ1) is 19.7. The van der Waals surface area contributed by atoms with Crippen LogP contribution in [0.5, 0.6) is 0 Å². The van der Waals surface area contributed by atoms with Crippen molar-refractivity contribution in [3.8, 4) is 0 Å². The molecule has 2 aromatic rings. The lowest BCUT2D eigenvalue weighted by Crippen LogP contribution is -2.40. The van der Waals surface area contributed by atoms with Crippen molar-refractivity contribution < 1.29 is 41.0 Å². The second-order valence-electron chi connectivity index (χ2n) is 11.1. The number of amides is 4. The molecule has 1 atom stereocenters. The highest BCUT2D eigenvalue weighted by Crippen LogP contribution is 2.42. The highest BCUT2D eigenvalue weighted by molar-refractivity contribution is 5.89. The van der Waals surface area contributed by atoms with Crippen molar-refractivity contribution in [2.75, 3.05) is 23.8 Å². The van der Waals surface area contributed by atoms with Crippen LogP contribution in [-0.4, -0.2) is 36.4 Å². The molecule has 1 unspecified atom stereocenters. The summed E-state index contributed by atoms with van der Waals surface area (Å²) in [4.78, 5) is 24.7. The molecule has 1 saturated carbocycles. The number of nitrogens with one attached hydrogen (secondary N) is 4. The maximum absolute atomic E-state index is 12.7. The van der Waals surface area contributed by atoms with Crippen LogP contribution in [-0.2, 0) is 12.4 Å². The number of hydrogen-bond donors (Lipinski definition) is 5. The molecule has 1 fully saturated rings. The Morgan fingerprint density at radius 2 is 1.31 bits per heavy atom. The number of anilines is 2. The molecule has 1 aliphatic rings. The Kier molecular flexibility index (Phi) is 11.1. The van der Waals surface area contributed by atoms with Crippen LogP contribution in [0.1, 0.15) is 63.0 Å². The fourth-order valence-electron chi connectivity index (χ4n) is 5.05. The molecule has 5 N–H and O–H groups in total. The molecule has 7 nitrogen and oxygen atoms in total. The smallest absolute Gasteiger partial charge is 0.396 e. The lowest BCUT2D eigenvalue weighted by molar-refractivity contribution is -0.138. The molecule has 42 heavy (non-hydrogen) atoms. The molecule has 0 aliphatic heterocycles. The van der Waals surface area contributed by atoms with Crippen molar-refractivity contribution in [3.63, 3.8) is 0 Å². The van der Waals surface area contributed by atoms with Crippen LogP contribution in [0.25, 0.3) is 0 Å². The summed E-state index contributed by atoms with van der Waals surface area (Å²) >= 11 is 0. The minimum atomic E-state index is -4.47. The van der Waals surface area contributed by atoms with Crippen LogP contribution in [0.15, 0.2) is 48.5 Å². The lowest BCUT2D eigenvalue weighted by atomic mass is 9.69. The minimum absolute atomic E-state index is 0.00171. The predicted octanol–water partition coefficient (Wildman–Crippen LogP) is 7.40. The molecule has 3 rings (SSSR count). The molecule has 0 radical (unpaired) electrons. The van der Waals surface area contributed by atoms with Crippen molar-refractivity contribution in [1.29, 1.82) is 0 Å². The topological polar surface area (TPSA) is 102 Å². The van der Waals surface area contributed by atoms with Crippen molar-refractivity contribution in [1.82, 2.24) is 10.6 Å². The maximum Gasteiger partial charge on any atom is 0.416 e. The SMILES string of the molecule is CC1(CCC(CCO)NC(=O)Nc2ccc(C(F)(F)F)cc2)CCC(CNC(=O)Nc2ccc(C(F)(F)F)cc2)CC1. The molecule has 2 aromatic carbocycles. The number of urea groups is 2. The summed E-state index contributed by atoms with van der Waals surface area (Å²) in [5.74, 6) is 0.248. The second-order valence-corrected chi connectivity index (χ2v) is 11.1. The Labute approximate surface area is 240 Å². The fourth-order valence-corrected chi connectivity index (χ4v) is 5.05. The molecule has 0 aromatic heterocycles. The van der Waals surface area contributed by atoms with Crippen LogP contribution in [0.4, 0.5) is 47.3 Å². The standard InChI is InChI=1S/C29H36F6N4O3/c1-27(16-12-24(13-17-40)39-26(42)38-23-8-4-21(5-9-23)29(33,34)35)14-10-19(11-15-27)18-36-25(41)37-22-6-2-20(3-7-22)28(30,31)32/h2-9,19,24,40H,10-18H2,1H3,(H2,36,37,41)(H2,38,39,42). The number of alkyl halides is 6. The summed E-state index contributed by atoms with van der Waals surface area (Å²) < 4.78 is 76.3. The predicted molar refractivity (Wildman–Crippen MR) is 147 cm³/mol. The van der Waals surface area contributed by atoms with E-state index in [1.165, 1.54) is 24.3 Å². The molecule has 13 heteroatoms. The highest BCUT2D eigenvalue weighted by atomic mass is 19.4. The largest absolute Gasteiger partial charge is 0.416 e. The van der Waals surface area contributed by atoms with Crippen LogP contribution < -0.4 is 21.3 Å². The summed E-state index contributed by atoms with van der Waals surface area (Å²) in [7, 11) is 0. The average Bonchev–Trinajstić information content (AvgIpc) is 2.91. The average molecular weight is 603 g/mol. The maximum atomic E-state index is 12.7. The summed E-state index contributed by atoms with van der Waals surface area (Å²) in [6.07, 6.45) is -3.68. The molecular weight excluding hydrogens is 566 g/mol. The zero-order valence-corrected chi connectivity index (χ0v) is 23.2. The third-order valence-corrected chi connectivity index (χ3v) is 7.71. The Morgan fingerprint density at radius 1 is 0.833 bits per heavy atom. The van der Waals surface area contributed by atoms with E-state index in [9.17, 15) is 41.0 Å². The number of aliphatic hydroxyl groups is 1. The number of carbonyl (C=O) groups excluding carboxylic acids is 2. The van der Waals surface area contributed by atoms with Crippen LogP contribution in [0.2, 0.25) is 0 Å². The van der Waals surface area contributed by atoms with E-state index in [-0.39, 0.29) is 35.4 Å². The van der Waals surface area contributed by atoms with Crippen LogP contribution in [0.3, 0.4) is 0 Å². The third kappa shape index (κ3) is 10.4. The molecule has 0 heterocycles. The van der Waals surface area contributed by atoms with Gasteiger partial charge in [0.1, 0.15) is 0 Å².